The summed E-state index contributed by atoms with van der Waals surface area (Å²) in [5.74, 6) is 0. The number of nitrogens with two attached hydrogens (primary N) is 1. The fourth-order valence-corrected chi connectivity index (χ4v) is 0.850. The van der Waals surface area contributed by atoms with Crippen LogP contribution in [0, 0.1) is 6.92 Å². The fourth-order valence-electron chi connectivity index (χ4n) is 0.850. The highest BCUT2D eigenvalue weighted by Crippen LogP contribution is 2.07. The van der Waals surface area contributed by atoms with Gasteiger partial charge in [-0.25, -0.2) is 4.39 Å². The van der Waals surface area contributed by atoms with E-state index >= 15 is 0 Å². The largest absolute Gasteiger partial charge is 0.321 e. The zero-order chi connectivity index (χ0) is 8.27. The van der Waals surface area contributed by atoms with Crippen molar-refractivity contribution in [3.63, 3.8) is 0 Å². The predicted molar refractivity (Wildman–Crippen MR) is 49.1 cm³/mol. The van der Waals surface area contributed by atoms with Crippen LogP contribution in [0.25, 0.3) is 0 Å². The maximum Gasteiger partial charge on any atom is 0.110 e. The number of aryl methyl sites for hydroxylation is 1. The molecule has 1 aromatic heterocycles. The number of hydrogen-bond donors (Lipinski definition) is 1. The standard InChI is InChI=1S/C8H11FN2.ClH/c1-6-3-2-4-8(11-6)7(10)5-9;/h2-4,7H,5,10H2,1H3;1H/t7-;/m0./s1. The minimum Gasteiger partial charge on any atom is -0.321 e. The van der Waals surface area contributed by atoms with Crippen LogP contribution in [0.2, 0.25) is 0 Å². The van der Waals surface area contributed by atoms with E-state index in [1.165, 1.54) is 0 Å². The molecule has 0 radical (unpaired) electrons. The SMILES string of the molecule is Cc1cccc([C@@H](N)CF)n1.Cl. The Morgan fingerprint density at radius 1 is 1.58 bits per heavy atom. The molecule has 68 valence electrons. The van der Waals surface area contributed by atoms with Gasteiger partial charge in [0.05, 0.1) is 11.7 Å². The van der Waals surface area contributed by atoms with E-state index in [1.807, 2.05) is 19.1 Å². The van der Waals surface area contributed by atoms with Gasteiger partial charge in [-0.15, -0.1) is 12.4 Å². The fraction of sp³-hybridized carbons (Fsp3) is 0.375. The number of aromatic nitrogens is 1. The zero-order valence-corrected chi connectivity index (χ0v) is 7.64. The van der Waals surface area contributed by atoms with Crippen molar-refractivity contribution in [1.82, 2.24) is 4.98 Å². The summed E-state index contributed by atoms with van der Waals surface area (Å²) in [7, 11) is 0. The van der Waals surface area contributed by atoms with E-state index in [0.29, 0.717) is 5.69 Å². The third kappa shape index (κ3) is 2.75. The van der Waals surface area contributed by atoms with E-state index in [-0.39, 0.29) is 12.4 Å². The Kier molecular flexibility index (Phi) is 4.78. The average Bonchev–Trinajstić information content (AvgIpc) is 2.03. The highest BCUT2D eigenvalue weighted by Gasteiger charge is 2.05. The first-order chi connectivity index (χ1) is 5.24. The van der Waals surface area contributed by atoms with Gasteiger partial charge < -0.3 is 5.73 Å². The molecule has 0 saturated heterocycles. The lowest BCUT2D eigenvalue weighted by Crippen LogP contribution is -2.13. The third-order valence-corrected chi connectivity index (χ3v) is 1.46. The molecule has 2 nitrogen and oxygen atoms in total. The second-order valence-electron chi connectivity index (χ2n) is 2.46. The molecule has 1 aromatic rings. The molecule has 2 N–H and O–H groups in total. The molecule has 0 spiro atoms. The van der Waals surface area contributed by atoms with Gasteiger partial charge in [0.1, 0.15) is 6.67 Å². The molecule has 1 rings (SSSR count). The van der Waals surface area contributed by atoms with Gasteiger partial charge >= 0.3 is 0 Å². The number of halogens is 2. The van der Waals surface area contributed by atoms with Crippen LogP contribution in [-0.2, 0) is 0 Å². The molecule has 0 aliphatic carbocycles. The highest BCUT2D eigenvalue weighted by atomic mass is 35.5. The van der Waals surface area contributed by atoms with Crippen LogP contribution in [0.1, 0.15) is 17.4 Å². The summed E-state index contributed by atoms with van der Waals surface area (Å²) < 4.78 is 12.0. The molecule has 1 atom stereocenters. The van der Waals surface area contributed by atoms with Crippen molar-refractivity contribution in [2.75, 3.05) is 6.67 Å². The molecule has 0 aromatic carbocycles. The van der Waals surface area contributed by atoms with Crippen LogP contribution >= 0.6 is 12.4 Å². The number of alkyl halides is 1. The smallest absolute Gasteiger partial charge is 0.110 e. The Morgan fingerprint density at radius 3 is 2.75 bits per heavy atom. The first kappa shape index (κ1) is 11.3. The molecule has 0 bridgehead atoms. The van der Waals surface area contributed by atoms with Gasteiger partial charge in [-0.05, 0) is 19.1 Å². The first-order valence-corrected chi connectivity index (χ1v) is 3.49. The second kappa shape index (κ2) is 5.06. The van der Waals surface area contributed by atoms with E-state index in [9.17, 15) is 4.39 Å². The lowest BCUT2D eigenvalue weighted by Gasteiger charge is -2.05. The van der Waals surface area contributed by atoms with Crippen LogP contribution in [0.4, 0.5) is 4.39 Å². The van der Waals surface area contributed by atoms with Gasteiger partial charge in [0.25, 0.3) is 0 Å². The van der Waals surface area contributed by atoms with Crippen molar-refractivity contribution < 1.29 is 4.39 Å². The summed E-state index contributed by atoms with van der Waals surface area (Å²) in [5.41, 5.74) is 6.91. The molecule has 1 heterocycles. The topological polar surface area (TPSA) is 38.9 Å². The minimum atomic E-state index is -0.574. The van der Waals surface area contributed by atoms with Gasteiger partial charge in [0.15, 0.2) is 0 Å². The van der Waals surface area contributed by atoms with Crippen molar-refractivity contribution in [1.29, 1.82) is 0 Å². The van der Waals surface area contributed by atoms with Crippen molar-refractivity contribution in [3.05, 3.63) is 29.6 Å². The maximum absolute atomic E-state index is 12.0. The van der Waals surface area contributed by atoms with E-state index in [0.717, 1.165) is 5.69 Å². The van der Waals surface area contributed by atoms with Gasteiger partial charge in [-0.3, -0.25) is 4.98 Å². The van der Waals surface area contributed by atoms with Crippen LogP contribution in [0.3, 0.4) is 0 Å². The van der Waals surface area contributed by atoms with E-state index in [4.69, 9.17) is 5.73 Å². The lowest BCUT2D eigenvalue weighted by molar-refractivity contribution is 0.432. The molecule has 0 saturated carbocycles. The summed E-state index contributed by atoms with van der Waals surface area (Å²) >= 11 is 0. The van der Waals surface area contributed by atoms with Crippen LogP contribution < -0.4 is 5.73 Å². The first-order valence-electron chi connectivity index (χ1n) is 3.49. The van der Waals surface area contributed by atoms with Crippen molar-refractivity contribution in [2.45, 2.75) is 13.0 Å². The molecular weight excluding hydrogens is 179 g/mol. The highest BCUT2D eigenvalue weighted by molar-refractivity contribution is 5.85. The molecule has 4 heteroatoms. The van der Waals surface area contributed by atoms with Crippen LogP contribution in [0.5, 0.6) is 0 Å². The minimum absolute atomic E-state index is 0. The van der Waals surface area contributed by atoms with Crippen molar-refractivity contribution in [3.8, 4) is 0 Å². The Labute approximate surface area is 77.4 Å². The third-order valence-electron chi connectivity index (χ3n) is 1.46. The summed E-state index contributed by atoms with van der Waals surface area (Å²) in [6, 6.07) is 4.84. The normalized spacial score (nSPS) is 11.9. The summed E-state index contributed by atoms with van der Waals surface area (Å²) in [6.45, 7) is 1.30. The number of nitrogens with zero attached hydrogens (tertiary/aromatic N) is 1. The summed E-state index contributed by atoms with van der Waals surface area (Å²) in [6.07, 6.45) is 0. The van der Waals surface area contributed by atoms with Gasteiger partial charge in [0, 0.05) is 5.69 Å². The Balaban J connectivity index is 0.00000121. The van der Waals surface area contributed by atoms with Gasteiger partial charge in [-0.1, -0.05) is 6.07 Å². The number of rotatable bonds is 2. The summed E-state index contributed by atoms with van der Waals surface area (Å²) in [4.78, 5) is 4.08. The second-order valence-corrected chi connectivity index (χ2v) is 2.46. The molecule has 0 aliphatic heterocycles. The van der Waals surface area contributed by atoms with E-state index < -0.39 is 12.7 Å². The number of hydrogen-bond acceptors (Lipinski definition) is 2. The average molecular weight is 191 g/mol. The molecular formula is C8H12ClFN2. The van der Waals surface area contributed by atoms with Crippen LogP contribution in [0.15, 0.2) is 18.2 Å². The quantitative estimate of drug-likeness (QED) is 0.772. The van der Waals surface area contributed by atoms with Crippen molar-refractivity contribution >= 4 is 12.4 Å². The predicted octanol–water partition coefficient (Wildman–Crippen LogP) is 1.78. The molecule has 0 fully saturated rings. The molecule has 0 unspecified atom stereocenters. The molecule has 0 amide bonds. The maximum atomic E-state index is 12.0. The van der Waals surface area contributed by atoms with E-state index in [1.54, 1.807) is 6.07 Å². The Morgan fingerprint density at radius 2 is 2.25 bits per heavy atom. The molecule has 12 heavy (non-hydrogen) atoms. The summed E-state index contributed by atoms with van der Waals surface area (Å²) in [5, 5.41) is 0. The Bertz CT molecular complexity index is 242. The Hall–Kier alpha value is -0.670. The van der Waals surface area contributed by atoms with Crippen molar-refractivity contribution in [2.24, 2.45) is 5.73 Å². The van der Waals surface area contributed by atoms with Crippen LogP contribution in [-0.4, -0.2) is 11.7 Å². The zero-order valence-electron chi connectivity index (χ0n) is 6.83. The molecule has 0 aliphatic rings. The van der Waals surface area contributed by atoms with E-state index in [2.05, 4.69) is 4.98 Å². The van der Waals surface area contributed by atoms with Gasteiger partial charge in [0.2, 0.25) is 0 Å². The van der Waals surface area contributed by atoms with Gasteiger partial charge in [-0.2, -0.15) is 0 Å². The lowest BCUT2D eigenvalue weighted by atomic mass is 10.2. The number of pyridine rings is 1. The monoisotopic (exact) mass is 190 g/mol.